The number of nitrogen functional groups attached to an aromatic ring is 1. The number of anilines is 1. The monoisotopic (exact) mass is 243 g/mol. The molecule has 0 aliphatic heterocycles. The summed E-state index contributed by atoms with van der Waals surface area (Å²) in [6.07, 6.45) is 0. The Morgan fingerprint density at radius 3 is 2.24 bits per heavy atom. The van der Waals surface area contributed by atoms with Crippen LogP contribution in [0.3, 0.4) is 0 Å². The van der Waals surface area contributed by atoms with Gasteiger partial charge < -0.3 is 5.73 Å². The van der Waals surface area contributed by atoms with Gasteiger partial charge in [-0.3, -0.25) is 0 Å². The van der Waals surface area contributed by atoms with Gasteiger partial charge in [-0.2, -0.15) is 0 Å². The number of hydrogen-bond donors (Lipinski definition) is 1. The Morgan fingerprint density at radius 1 is 0.941 bits per heavy atom. The molecule has 0 aromatic heterocycles. The van der Waals surface area contributed by atoms with Crippen molar-refractivity contribution in [1.82, 2.24) is 0 Å². The maximum Gasteiger partial charge on any atom is 0.0454 e. The molecular weight excluding hydrogens is 226 g/mol. The van der Waals surface area contributed by atoms with Crippen molar-refractivity contribution < 1.29 is 0 Å². The van der Waals surface area contributed by atoms with Crippen LogP contribution in [0.4, 0.5) is 5.69 Å². The Kier molecular flexibility index (Phi) is 3.75. The molecule has 17 heavy (non-hydrogen) atoms. The average molecular weight is 243 g/mol. The van der Waals surface area contributed by atoms with E-state index >= 15 is 0 Å². The molecule has 0 bridgehead atoms. The zero-order valence-electron chi connectivity index (χ0n) is 10.2. The van der Waals surface area contributed by atoms with Crippen molar-refractivity contribution in [3.05, 3.63) is 59.2 Å². The minimum Gasteiger partial charge on any atom is -0.398 e. The van der Waals surface area contributed by atoms with Crippen molar-refractivity contribution in [3.8, 4) is 0 Å². The van der Waals surface area contributed by atoms with E-state index in [1.165, 1.54) is 16.7 Å². The molecule has 0 saturated heterocycles. The van der Waals surface area contributed by atoms with E-state index in [9.17, 15) is 0 Å². The summed E-state index contributed by atoms with van der Waals surface area (Å²) in [6.45, 7) is 4.17. The SMILES string of the molecule is Cc1ccc(CSc2ccc(C)cc2N)cc1. The molecule has 0 aliphatic carbocycles. The molecule has 0 saturated carbocycles. The van der Waals surface area contributed by atoms with Gasteiger partial charge in [-0.25, -0.2) is 0 Å². The van der Waals surface area contributed by atoms with Gasteiger partial charge >= 0.3 is 0 Å². The van der Waals surface area contributed by atoms with Gasteiger partial charge in [0.1, 0.15) is 0 Å². The molecule has 0 amide bonds. The fraction of sp³-hybridized carbons (Fsp3) is 0.200. The summed E-state index contributed by atoms with van der Waals surface area (Å²) in [5.74, 6) is 0.966. The molecule has 0 spiro atoms. The molecule has 0 atom stereocenters. The van der Waals surface area contributed by atoms with E-state index in [1.54, 1.807) is 11.8 Å². The van der Waals surface area contributed by atoms with Crippen LogP contribution >= 0.6 is 11.8 Å². The first-order valence-electron chi connectivity index (χ1n) is 5.69. The maximum atomic E-state index is 5.99. The van der Waals surface area contributed by atoms with Gasteiger partial charge in [0.2, 0.25) is 0 Å². The fourth-order valence-electron chi connectivity index (χ4n) is 1.64. The smallest absolute Gasteiger partial charge is 0.0454 e. The highest BCUT2D eigenvalue weighted by Crippen LogP contribution is 2.28. The molecule has 0 unspecified atom stereocenters. The molecule has 2 N–H and O–H groups in total. The van der Waals surface area contributed by atoms with E-state index in [2.05, 4.69) is 50.2 Å². The quantitative estimate of drug-likeness (QED) is 0.646. The van der Waals surface area contributed by atoms with Crippen LogP contribution in [0.5, 0.6) is 0 Å². The van der Waals surface area contributed by atoms with Crippen LogP contribution in [0.1, 0.15) is 16.7 Å². The van der Waals surface area contributed by atoms with Crippen molar-refractivity contribution >= 4 is 17.4 Å². The molecule has 88 valence electrons. The lowest BCUT2D eigenvalue weighted by molar-refractivity contribution is 1.34. The normalized spacial score (nSPS) is 10.5. The van der Waals surface area contributed by atoms with E-state index in [0.717, 1.165) is 16.3 Å². The van der Waals surface area contributed by atoms with Gasteiger partial charge in [0.15, 0.2) is 0 Å². The van der Waals surface area contributed by atoms with E-state index in [0.29, 0.717) is 0 Å². The van der Waals surface area contributed by atoms with Gasteiger partial charge in [0, 0.05) is 16.3 Å². The Balaban J connectivity index is 2.04. The van der Waals surface area contributed by atoms with Gasteiger partial charge in [0.05, 0.1) is 0 Å². The standard InChI is InChI=1S/C15H17NS/c1-11-3-6-13(7-4-11)10-17-15-8-5-12(2)9-14(15)16/h3-9H,10,16H2,1-2H3. The third-order valence-corrected chi connectivity index (χ3v) is 3.84. The second-order valence-electron chi connectivity index (χ2n) is 4.32. The summed E-state index contributed by atoms with van der Waals surface area (Å²) in [4.78, 5) is 1.16. The minimum absolute atomic E-state index is 0.877. The number of benzene rings is 2. The summed E-state index contributed by atoms with van der Waals surface area (Å²) in [5.41, 5.74) is 10.7. The van der Waals surface area contributed by atoms with Crippen LogP contribution in [0.15, 0.2) is 47.4 Å². The van der Waals surface area contributed by atoms with Crippen LogP contribution < -0.4 is 5.73 Å². The van der Waals surface area contributed by atoms with Crippen LogP contribution in [0, 0.1) is 13.8 Å². The number of nitrogens with two attached hydrogens (primary N) is 1. The summed E-state index contributed by atoms with van der Waals surface area (Å²) >= 11 is 1.79. The zero-order valence-corrected chi connectivity index (χ0v) is 11.1. The number of rotatable bonds is 3. The maximum absolute atomic E-state index is 5.99. The van der Waals surface area contributed by atoms with Gasteiger partial charge in [0.25, 0.3) is 0 Å². The highest BCUT2D eigenvalue weighted by atomic mass is 32.2. The third-order valence-electron chi connectivity index (χ3n) is 2.68. The summed E-state index contributed by atoms with van der Waals surface area (Å²) in [5, 5.41) is 0. The first-order valence-corrected chi connectivity index (χ1v) is 6.68. The Bertz CT molecular complexity index is 503. The fourth-order valence-corrected chi connectivity index (χ4v) is 2.55. The molecule has 0 aliphatic rings. The highest BCUT2D eigenvalue weighted by Gasteiger charge is 2.01. The van der Waals surface area contributed by atoms with Crippen LogP contribution in [-0.4, -0.2) is 0 Å². The molecule has 0 heterocycles. The lowest BCUT2D eigenvalue weighted by atomic mass is 10.2. The first-order chi connectivity index (χ1) is 8.15. The number of aryl methyl sites for hydroxylation is 2. The molecule has 2 rings (SSSR count). The largest absolute Gasteiger partial charge is 0.398 e. The Labute approximate surface area is 107 Å². The second kappa shape index (κ2) is 5.28. The van der Waals surface area contributed by atoms with Crippen molar-refractivity contribution in [3.63, 3.8) is 0 Å². The number of hydrogen-bond acceptors (Lipinski definition) is 2. The second-order valence-corrected chi connectivity index (χ2v) is 5.33. The Morgan fingerprint density at radius 2 is 1.59 bits per heavy atom. The molecule has 0 fully saturated rings. The first kappa shape index (κ1) is 12.1. The summed E-state index contributed by atoms with van der Waals surface area (Å²) in [7, 11) is 0. The molecule has 2 aromatic carbocycles. The van der Waals surface area contributed by atoms with Gasteiger partial charge in [-0.05, 0) is 37.1 Å². The van der Waals surface area contributed by atoms with Crippen LogP contribution in [0.2, 0.25) is 0 Å². The topological polar surface area (TPSA) is 26.0 Å². The third kappa shape index (κ3) is 3.27. The van der Waals surface area contributed by atoms with Crippen LogP contribution in [-0.2, 0) is 5.75 Å². The van der Waals surface area contributed by atoms with E-state index in [1.807, 2.05) is 6.07 Å². The molecular formula is C15H17NS. The Hall–Kier alpha value is -1.41. The summed E-state index contributed by atoms with van der Waals surface area (Å²) in [6, 6.07) is 14.9. The predicted octanol–water partition coefficient (Wildman–Crippen LogP) is 4.18. The van der Waals surface area contributed by atoms with Crippen LogP contribution in [0.25, 0.3) is 0 Å². The van der Waals surface area contributed by atoms with Gasteiger partial charge in [-0.15, -0.1) is 11.8 Å². The van der Waals surface area contributed by atoms with E-state index in [4.69, 9.17) is 5.73 Å². The van der Waals surface area contributed by atoms with Crippen molar-refractivity contribution in [2.75, 3.05) is 5.73 Å². The van der Waals surface area contributed by atoms with Crippen molar-refractivity contribution in [1.29, 1.82) is 0 Å². The highest BCUT2D eigenvalue weighted by molar-refractivity contribution is 7.98. The average Bonchev–Trinajstić information content (AvgIpc) is 2.30. The zero-order chi connectivity index (χ0) is 12.3. The summed E-state index contributed by atoms with van der Waals surface area (Å²) < 4.78 is 0. The molecule has 2 aromatic rings. The van der Waals surface area contributed by atoms with E-state index in [-0.39, 0.29) is 0 Å². The molecule has 0 radical (unpaired) electrons. The minimum atomic E-state index is 0.877. The van der Waals surface area contributed by atoms with Crippen molar-refractivity contribution in [2.45, 2.75) is 24.5 Å². The number of thioether (sulfide) groups is 1. The molecule has 2 heteroatoms. The van der Waals surface area contributed by atoms with Crippen molar-refractivity contribution in [2.24, 2.45) is 0 Å². The predicted molar refractivity (Wildman–Crippen MR) is 76.3 cm³/mol. The lowest BCUT2D eigenvalue weighted by Gasteiger charge is -2.06. The molecule has 1 nitrogen and oxygen atoms in total. The van der Waals surface area contributed by atoms with E-state index < -0.39 is 0 Å². The lowest BCUT2D eigenvalue weighted by Crippen LogP contribution is -1.90. The van der Waals surface area contributed by atoms with Gasteiger partial charge in [-0.1, -0.05) is 35.9 Å².